The summed E-state index contributed by atoms with van der Waals surface area (Å²) in [6, 6.07) is 4.71. The van der Waals surface area contributed by atoms with Crippen LogP contribution in [0.15, 0.2) is 24.4 Å². The predicted molar refractivity (Wildman–Crippen MR) is 66.5 cm³/mol. The molecule has 0 bridgehead atoms. The van der Waals surface area contributed by atoms with E-state index in [1.807, 2.05) is 0 Å². The van der Waals surface area contributed by atoms with Crippen LogP contribution in [0.3, 0.4) is 0 Å². The van der Waals surface area contributed by atoms with Gasteiger partial charge in [0.15, 0.2) is 5.82 Å². The third-order valence-electron chi connectivity index (χ3n) is 2.24. The second-order valence-corrected chi connectivity index (χ2v) is 4.12. The Hall–Kier alpha value is -1.39. The number of benzene rings is 1. The summed E-state index contributed by atoms with van der Waals surface area (Å²) in [5.74, 6) is 0.0478. The molecule has 6 heteroatoms. The zero-order valence-electron chi connectivity index (χ0n) is 8.84. The Morgan fingerprint density at radius 2 is 2.06 bits per heavy atom. The number of nitrogens with one attached hydrogen (secondary N) is 1. The molecule has 88 valence electrons. The third-order valence-corrected chi connectivity index (χ3v) is 2.69. The molecule has 3 nitrogen and oxygen atoms in total. The fourth-order valence-electron chi connectivity index (χ4n) is 1.30. The van der Waals surface area contributed by atoms with Crippen LogP contribution in [0.5, 0.6) is 0 Å². The molecule has 0 aliphatic heterocycles. The van der Waals surface area contributed by atoms with Crippen molar-refractivity contribution >= 4 is 34.7 Å². The van der Waals surface area contributed by atoms with Gasteiger partial charge in [-0.15, -0.1) is 0 Å². The molecule has 0 saturated heterocycles. The maximum Gasteiger partial charge on any atom is 0.224 e. The zero-order valence-corrected chi connectivity index (χ0v) is 10.3. The van der Waals surface area contributed by atoms with E-state index in [1.165, 1.54) is 12.3 Å². The first-order valence-electron chi connectivity index (χ1n) is 4.78. The highest BCUT2D eigenvalue weighted by Gasteiger charge is 2.08. The number of halogens is 3. The Morgan fingerprint density at radius 3 is 2.82 bits per heavy atom. The number of nitrogens with zero attached hydrogens (tertiary/aromatic N) is 2. The molecule has 0 atom stereocenters. The molecule has 1 aromatic carbocycles. The molecule has 2 aromatic rings. The maximum atomic E-state index is 13.3. The van der Waals surface area contributed by atoms with Crippen molar-refractivity contribution in [3.63, 3.8) is 0 Å². The number of rotatable bonds is 2. The van der Waals surface area contributed by atoms with Crippen molar-refractivity contribution in [2.24, 2.45) is 0 Å². The van der Waals surface area contributed by atoms with Crippen LogP contribution in [0.25, 0.3) is 0 Å². The zero-order chi connectivity index (χ0) is 12.4. The van der Waals surface area contributed by atoms with Gasteiger partial charge < -0.3 is 5.32 Å². The summed E-state index contributed by atoms with van der Waals surface area (Å²) < 4.78 is 13.3. The fraction of sp³-hybridized carbons (Fsp3) is 0.0909. The smallest absolute Gasteiger partial charge is 0.224 e. The molecule has 17 heavy (non-hydrogen) atoms. The van der Waals surface area contributed by atoms with E-state index in [-0.39, 0.29) is 11.1 Å². The number of hydrogen-bond acceptors (Lipinski definition) is 3. The van der Waals surface area contributed by atoms with Crippen molar-refractivity contribution in [3.05, 3.63) is 46.1 Å². The highest BCUT2D eigenvalue weighted by Crippen LogP contribution is 2.26. The number of aromatic nitrogens is 2. The second-order valence-electron chi connectivity index (χ2n) is 3.37. The van der Waals surface area contributed by atoms with Crippen molar-refractivity contribution in [1.82, 2.24) is 9.97 Å². The van der Waals surface area contributed by atoms with Crippen LogP contribution < -0.4 is 5.32 Å². The van der Waals surface area contributed by atoms with Gasteiger partial charge in [0, 0.05) is 11.3 Å². The highest BCUT2D eigenvalue weighted by molar-refractivity contribution is 6.33. The van der Waals surface area contributed by atoms with Gasteiger partial charge in [0.1, 0.15) is 10.8 Å². The Balaban J connectivity index is 2.38. The van der Waals surface area contributed by atoms with Crippen molar-refractivity contribution in [3.8, 4) is 0 Å². The summed E-state index contributed by atoms with van der Waals surface area (Å²) >= 11 is 11.6. The Morgan fingerprint density at radius 1 is 1.29 bits per heavy atom. The van der Waals surface area contributed by atoms with Gasteiger partial charge in [-0.2, -0.15) is 4.98 Å². The van der Waals surface area contributed by atoms with Crippen molar-refractivity contribution in [1.29, 1.82) is 0 Å². The van der Waals surface area contributed by atoms with Crippen molar-refractivity contribution in [2.75, 3.05) is 5.32 Å². The third kappa shape index (κ3) is 2.65. The molecular weight excluding hydrogens is 264 g/mol. The molecule has 0 unspecified atom stereocenters. The van der Waals surface area contributed by atoms with Gasteiger partial charge in [0.25, 0.3) is 0 Å². The predicted octanol–water partition coefficient (Wildman–Crippen LogP) is 3.97. The summed E-state index contributed by atoms with van der Waals surface area (Å²) in [5.41, 5.74) is 1.07. The first-order valence-corrected chi connectivity index (χ1v) is 5.53. The summed E-state index contributed by atoms with van der Waals surface area (Å²) in [6.07, 6.45) is 1.38. The number of anilines is 2. The lowest BCUT2D eigenvalue weighted by molar-refractivity contribution is 0.619. The molecule has 1 N–H and O–H groups in total. The molecule has 0 aliphatic rings. The lowest BCUT2D eigenvalue weighted by atomic mass is 10.2. The van der Waals surface area contributed by atoms with Crippen LogP contribution in [-0.4, -0.2) is 9.97 Å². The molecule has 0 aliphatic carbocycles. The van der Waals surface area contributed by atoms with Crippen LogP contribution in [0.2, 0.25) is 10.3 Å². The molecule has 0 radical (unpaired) electrons. The molecule has 0 spiro atoms. The van der Waals surface area contributed by atoms with Gasteiger partial charge in [-0.3, -0.25) is 0 Å². The minimum atomic E-state index is -0.300. The topological polar surface area (TPSA) is 37.8 Å². The van der Waals surface area contributed by atoms with Gasteiger partial charge in [-0.1, -0.05) is 17.7 Å². The average molecular weight is 272 g/mol. The molecular formula is C11H8Cl2FN3. The van der Waals surface area contributed by atoms with Crippen LogP contribution >= 0.6 is 23.2 Å². The largest absolute Gasteiger partial charge is 0.339 e. The number of hydrogen-bond donors (Lipinski definition) is 1. The van der Waals surface area contributed by atoms with E-state index >= 15 is 0 Å². The van der Waals surface area contributed by atoms with E-state index in [0.717, 1.165) is 0 Å². The lowest BCUT2D eigenvalue weighted by Gasteiger charge is -2.10. The normalized spacial score (nSPS) is 10.4. The molecule has 2 rings (SSSR count). The average Bonchev–Trinajstić information content (AvgIpc) is 2.30. The van der Waals surface area contributed by atoms with Gasteiger partial charge >= 0.3 is 0 Å². The fourth-order valence-corrected chi connectivity index (χ4v) is 1.58. The van der Waals surface area contributed by atoms with Gasteiger partial charge in [0.05, 0.1) is 6.20 Å². The summed E-state index contributed by atoms with van der Waals surface area (Å²) in [5, 5.41) is 3.31. The van der Waals surface area contributed by atoms with Gasteiger partial charge in [-0.25, -0.2) is 9.37 Å². The molecule has 0 fully saturated rings. The first kappa shape index (κ1) is 12.1. The second kappa shape index (κ2) is 4.85. The van der Waals surface area contributed by atoms with E-state index in [1.54, 1.807) is 19.1 Å². The minimum absolute atomic E-state index is 0.0750. The van der Waals surface area contributed by atoms with Gasteiger partial charge in [0.2, 0.25) is 5.28 Å². The quantitative estimate of drug-likeness (QED) is 0.840. The summed E-state index contributed by atoms with van der Waals surface area (Å²) in [7, 11) is 0. The summed E-state index contributed by atoms with van der Waals surface area (Å²) in [4.78, 5) is 7.66. The Labute approximate surface area is 108 Å². The molecule has 1 heterocycles. The van der Waals surface area contributed by atoms with E-state index in [2.05, 4.69) is 15.3 Å². The SMILES string of the molecule is Cc1c(F)cccc1Nc1nc(Cl)ncc1Cl. The van der Waals surface area contributed by atoms with E-state index in [4.69, 9.17) is 23.2 Å². The van der Waals surface area contributed by atoms with Crippen molar-refractivity contribution in [2.45, 2.75) is 6.92 Å². The first-order chi connectivity index (χ1) is 8.08. The van der Waals surface area contributed by atoms with E-state index in [0.29, 0.717) is 22.1 Å². The van der Waals surface area contributed by atoms with E-state index < -0.39 is 0 Å². The summed E-state index contributed by atoms with van der Waals surface area (Å²) in [6.45, 7) is 1.66. The van der Waals surface area contributed by atoms with Crippen LogP contribution in [-0.2, 0) is 0 Å². The Kier molecular flexibility index (Phi) is 3.45. The van der Waals surface area contributed by atoms with Crippen molar-refractivity contribution < 1.29 is 4.39 Å². The Bertz CT molecular complexity index is 560. The van der Waals surface area contributed by atoms with E-state index in [9.17, 15) is 4.39 Å². The van der Waals surface area contributed by atoms with Crippen LogP contribution in [0, 0.1) is 12.7 Å². The molecule has 0 amide bonds. The standard InChI is InChI=1S/C11H8Cl2FN3/c1-6-8(14)3-2-4-9(6)16-10-7(12)5-15-11(13)17-10/h2-5H,1H3,(H,15,16,17). The van der Waals surface area contributed by atoms with Gasteiger partial charge in [-0.05, 0) is 30.7 Å². The maximum absolute atomic E-state index is 13.3. The van der Waals surface area contributed by atoms with Crippen LogP contribution in [0.1, 0.15) is 5.56 Å². The van der Waals surface area contributed by atoms with Crippen LogP contribution in [0.4, 0.5) is 15.9 Å². The minimum Gasteiger partial charge on any atom is -0.339 e. The lowest BCUT2D eigenvalue weighted by Crippen LogP contribution is -1.99. The monoisotopic (exact) mass is 271 g/mol. The molecule has 0 saturated carbocycles. The highest BCUT2D eigenvalue weighted by atomic mass is 35.5. The molecule has 1 aromatic heterocycles.